The second kappa shape index (κ2) is 4.71. The van der Waals surface area contributed by atoms with Gasteiger partial charge in [-0.2, -0.15) is 4.98 Å². The van der Waals surface area contributed by atoms with Crippen LogP contribution in [-0.2, 0) is 0 Å². The Labute approximate surface area is 108 Å². The van der Waals surface area contributed by atoms with Crippen molar-refractivity contribution in [2.45, 2.75) is 13.8 Å². The van der Waals surface area contributed by atoms with Crippen molar-refractivity contribution in [3.05, 3.63) is 40.0 Å². The minimum Gasteiger partial charge on any atom is -0.438 e. The molecule has 5 heteroatoms. The molecular formula is C12H12BrN3O. The highest BCUT2D eigenvalue weighted by molar-refractivity contribution is 9.10. The van der Waals surface area contributed by atoms with Crippen molar-refractivity contribution >= 4 is 21.9 Å². The maximum atomic E-state index is 5.67. The van der Waals surface area contributed by atoms with E-state index in [0.717, 1.165) is 16.9 Å². The van der Waals surface area contributed by atoms with Crippen molar-refractivity contribution in [1.29, 1.82) is 0 Å². The van der Waals surface area contributed by atoms with Gasteiger partial charge >= 0.3 is 0 Å². The van der Waals surface area contributed by atoms with E-state index in [1.165, 1.54) is 0 Å². The first-order valence-corrected chi connectivity index (χ1v) is 5.88. The Hall–Kier alpha value is -1.62. The van der Waals surface area contributed by atoms with Crippen LogP contribution in [0, 0.1) is 13.8 Å². The van der Waals surface area contributed by atoms with Gasteiger partial charge in [-0.25, -0.2) is 4.98 Å². The molecule has 88 valence electrons. The quantitative estimate of drug-likeness (QED) is 0.923. The number of nitrogens with zero attached hydrogens (tertiary/aromatic N) is 2. The molecule has 0 saturated carbocycles. The zero-order valence-corrected chi connectivity index (χ0v) is 11.2. The van der Waals surface area contributed by atoms with Crippen LogP contribution in [0.3, 0.4) is 0 Å². The van der Waals surface area contributed by atoms with Gasteiger partial charge in [0.25, 0.3) is 0 Å². The van der Waals surface area contributed by atoms with Crippen LogP contribution in [0.5, 0.6) is 11.6 Å². The number of ether oxygens (including phenoxy) is 1. The van der Waals surface area contributed by atoms with Crippen LogP contribution in [0.15, 0.2) is 28.9 Å². The molecule has 0 aliphatic heterocycles. The van der Waals surface area contributed by atoms with E-state index in [4.69, 9.17) is 10.5 Å². The summed E-state index contributed by atoms with van der Waals surface area (Å²) in [4.78, 5) is 7.88. The van der Waals surface area contributed by atoms with Crippen molar-refractivity contribution in [2.24, 2.45) is 0 Å². The molecule has 0 aliphatic carbocycles. The summed E-state index contributed by atoms with van der Waals surface area (Å²) in [5.74, 6) is 1.34. The Bertz CT molecular complexity index is 537. The van der Waals surface area contributed by atoms with Gasteiger partial charge in [0.1, 0.15) is 5.75 Å². The first-order chi connectivity index (χ1) is 8.04. The Balaban J connectivity index is 2.34. The lowest BCUT2D eigenvalue weighted by molar-refractivity contribution is 0.458. The fourth-order valence-corrected chi connectivity index (χ4v) is 1.81. The maximum absolute atomic E-state index is 5.67. The molecule has 2 rings (SSSR count). The molecule has 0 aliphatic rings. The largest absolute Gasteiger partial charge is 0.438 e. The van der Waals surface area contributed by atoms with E-state index in [1.807, 2.05) is 26.0 Å². The molecule has 0 spiro atoms. The third-order valence-corrected chi connectivity index (χ3v) is 2.68. The first-order valence-electron chi connectivity index (χ1n) is 5.09. The molecule has 1 aromatic heterocycles. The summed E-state index contributed by atoms with van der Waals surface area (Å²) in [5.41, 5.74) is 7.79. The second-order valence-electron chi connectivity index (χ2n) is 3.81. The molecule has 0 radical (unpaired) electrons. The summed E-state index contributed by atoms with van der Waals surface area (Å²) in [6.45, 7) is 4.03. The van der Waals surface area contributed by atoms with Gasteiger partial charge in [-0.15, -0.1) is 0 Å². The third kappa shape index (κ3) is 2.94. The molecular weight excluding hydrogens is 282 g/mol. The first kappa shape index (κ1) is 11.9. The number of aryl methyl sites for hydroxylation is 2. The van der Waals surface area contributed by atoms with Crippen molar-refractivity contribution in [3.8, 4) is 11.6 Å². The topological polar surface area (TPSA) is 61.0 Å². The molecule has 2 aromatic rings. The Morgan fingerprint density at radius 1 is 1.18 bits per heavy atom. The highest BCUT2D eigenvalue weighted by atomic mass is 79.9. The van der Waals surface area contributed by atoms with E-state index < -0.39 is 0 Å². The minimum absolute atomic E-state index is 0.188. The van der Waals surface area contributed by atoms with Crippen LogP contribution in [0.2, 0.25) is 0 Å². The highest BCUT2D eigenvalue weighted by Gasteiger charge is 2.06. The lowest BCUT2D eigenvalue weighted by atomic mass is 10.1. The molecule has 4 nitrogen and oxygen atoms in total. The summed E-state index contributed by atoms with van der Waals surface area (Å²) in [6, 6.07) is 5.96. The van der Waals surface area contributed by atoms with Crippen molar-refractivity contribution in [3.63, 3.8) is 0 Å². The normalized spacial score (nSPS) is 10.3. The number of nitrogen functional groups attached to an aromatic ring is 1. The van der Waals surface area contributed by atoms with Gasteiger partial charge in [0, 0.05) is 0 Å². The van der Waals surface area contributed by atoms with E-state index in [1.54, 1.807) is 6.20 Å². The maximum Gasteiger partial charge on any atom is 0.238 e. The van der Waals surface area contributed by atoms with Gasteiger partial charge < -0.3 is 10.5 Å². The summed E-state index contributed by atoms with van der Waals surface area (Å²) in [6.07, 6.45) is 1.57. The summed E-state index contributed by atoms with van der Waals surface area (Å²) in [5, 5.41) is 0. The van der Waals surface area contributed by atoms with Gasteiger partial charge in [-0.3, -0.25) is 0 Å². The molecule has 0 fully saturated rings. The Morgan fingerprint density at radius 3 is 2.47 bits per heavy atom. The smallest absolute Gasteiger partial charge is 0.238 e. The predicted molar refractivity (Wildman–Crippen MR) is 70.1 cm³/mol. The van der Waals surface area contributed by atoms with Crippen LogP contribution in [0.4, 0.5) is 5.95 Å². The van der Waals surface area contributed by atoms with Crippen LogP contribution >= 0.6 is 15.9 Å². The monoisotopic (exact) mass is 293 g/mol. The lowest BCUT2D eigenvalue weighted by Gasteiger charge is -2.08. The van der Waals surface area contributed by atoms with Crippen LogP contribution < -0.4 is 10.5 Å². The number of nitrogens with two attached hydrogens (primary N) is 1. The van der Waals surface area contributed by atoms with Crippen molar-refractivity contribution in [1.82, 2.24) is 9.97 Å². The molecule has 17 heavy (non-hydrogen) atoms. The van der Waals surface area contributed by atoms with Crippen molar-refractivity contribution in [2.75, 3.05) is 5.73 Å². The number of hydrogen-bond acceptors (Lipinski definition) is 4. The lowest BCUT2D eigenvalue weighted by Crippen LogP contribution is -1.97. The molecule has 0 unspecified atom stereocenters. The minimum atomic E-state index is 0.188. The number of aromatic nitrogens is 2. The van der Waals surface area contributed by atoms with Gasteiger partial charge in [0.15, 0.2) is 0 Å². The van der Waals surface area contributed by atoms with E-state index >= 15 is 0 Å². The number of hydrogen-bond donors (Lipinski definition) is 1. The van der Waals surface area contributed by atoms with E-state index in [9.17, 15) is 0 Å². The number of anilines is 1. The molecule has 0 bridgehead atoms. The third-order valence-electron chi connectivity index (χ3n) is 2.14. The van der Waals surface area contributed by atoms with Crippen LogP contribution in [0.25, 0.3) is 0 Å². The number of rotatable bonds is 2. The molecule has 0 amide bonds. The summed E-state index contributed by atoms with van der Waals surface area (Å²) in [7, 11) is 0. The van der Waals surface area contributed by atoms with Crippen LogP contribution in [0.1, 0.15) is 11.1 Å². The molecule has 0 saturated heterocycles. The number of benzene rings is 1. The Morgan fingerprint density at radius 2 is 1.82 bits per heavy atom. The molecule has 2 N–H and O–H groups in total. The average molecular weight is 294 g/mol. The van der Waals surface area contributed by atoms with Crippen LogP contribution in [-0.4, -0.2) is 9.97 Å². The predicted octanol–water partition coefficient (Wildman–Crippen LogP) is 3.23. The number of halogens is 1. The highest BCUT2D eigenvalue weighted by Crippen LogP contribution is 2.28. The fourth-order valence-electron chi connectivity index (χ4n) is 1.54. The van der Waals surface area contributed by atoms with Gasteiger partial charge in [-0.05, 0) is 53.0 Å². The van der Waals surface area contributed by atoms with Gasteiger partial charge in [0.05, 0.1) is 10.7 Å². The zero-order chi connectivity index (χ0) is 12.4. The van der Waals surface area contributed by atoms with Gasteiger partial charge in [0.2, 0.25) is 11.8 Å². The summed E-state index contributed by atoms with van der Waals surface area (Å²) < 4.78 is 6.35. The SMILES string of the molecule is Cc1cc(C)cc(Oc2nc(N)ncc2Br)c1. The zero-order valence-electron chi connectivity index (χ0n) is 9.57. The van der Waals surface area contributed by atoms with E-state index in [2.05, 4.69) is 32.0 Å². The molecule has 1 heterocycles. The molecule has 1 aromatic carbocycles. The second-order valence-corrected chi connectivity index (χ2v) is 4.66. The van der Waals surface area contributed by atoms with Gasteiger partial charge in [-0.1, -0.05) is 6.07 Å². The molecule has 0 atom stereocenters. The average Bonchev–Trinajstić information content (AvgIpc) is 2.22. The standard InChI is InChI=1S/C12H12BrN3O/c1-7-3-8(2)5-9(4-7)17-11-10(13)6-15-12(14)16-11/h3-6H,1-2H3,(H2,14,15,16). The van der Waals surface area contributed by atoms with E-state index in [-0.39, 0.29) is 5.95 Å². The Kier molecular flexibility index (Phi) is 3.28. The summed E-state index contributed by atoms with van der Waals surface area (Å²) >= 11 is 3.32. The van der Waals surface area contributed by atoms with E-state index in [0.29, 0.717) is 10.4 Å². The fraction of sp³-hybridized carbons (Fsp3) is 0.167. The van der Waals surface area contributed by atoms with Crippen molar-refractivity contribution < 1.29 is 4.74 Å².